The minimum atomic E-state index is -0.580. The molecule has 0 aliphatic carbocycles. The molecular weight excluding hydrogens is 324 g/mol. The van der Waals surface area contributed by atoms with Gasteiger partial charge in [0.15, 0.2) is 0 Å². The van der Waals surface area contributed by atoms with Crippen molar-refractivity contribution < 1.29 is 10.2 Å². The van der Waals surface area contributed by atoms with Crippen LogP contribution in [-0.4, -0.2) is 30.9 Å². The van der Waals surface area contributed by atoms with Gasteiger partial charge < -0.3 is 20.5 Å². The predicted octanol–water partition coefficient (Wildman–Crippen LogP) is 0.212. The van der Waals surface area contributed by atoms with Crippen LogP contribution in [0, 0.1) is 0 Å². The fraction of sp³-hybridized carbons (Fsp3) is 0.294. The Balaban J connectivity index is 2.01. The molecule has 0 fully saturated rings. The lowest BCUT2D eigenvalue weighted by molar-refractivity contribution is 0.391. The third-order valence-electron chi connectivity index (χ3n) is 4.89. The number of rotatable bonds is 1. The first-order chi connectivity index (χ1) is 11.9. The minimum Gasteiger partial charge on any atom is -0.508 e. The van der Waals surface area contributed by atoms with Gasteiger partial charge in [-0.1, -0.05) is 0 Å². The summed E-state index contributed by atoms with van der Waals surface area (Å²) in [6, 6.07) is 4.49. The van der Waals surface area contributed by atoms with E-state index in [2.05, 4.69) is 10.3 Å². The van der Waals surface area contributed by atoms with Gasteiger partial charge in [-0.25, -0.2) is 4.79 Å². The van der Waals surface area contributed by atoms with Gasteiger partial charge in [0, 0.05) is 37.2 Å². The molecule has 25 heavy (non-hydrogen) atoms. The summed E-state index contributed by atoms with van der Waals surface area (Å²) < 4.78 is 2.04. The second-order valence-corrected chi connectivity index (χ2v) is 6.33. The first kappa shape index (κ1) is 15.5. The van der Waals surface area contributed by atoms with Crippen molar-refractivity contribution in [1.29, 1.82) is 0 Å². The molecule has 0 saturated heterocycles. The summed E-state index contributed by atoms with van der Waals surface area (Å²) in [5.41, 5.74) is 1.61. The summed E-state index contributed by atoms with van der Waals surface area (Å²) >= 11 is 0. The van der Waals surface area contributed by atoms with Crippen molar-refractivity contribution in [3.8, 4) is 11.6 Å². The molecule has 1 unspecified atom stereocenters. The molecule has 0 radical (unpaired) electrons. The molecule has 4 N–H and O–H groups in total. The summed E-state index contributed by atoms with van der Waals surface area (Å²) in [5.74, 6) is -0.176. The van der Waals surface area contributed by atoms with Crippen molar-refractivity contribution >= 4 is 10.9 Å². The molecule has 4 rings (SSSR count). The molecule has 0 bridgehead atoms. The van der Waals surface area contributed by atoms with E-state index in [0.29, 0.717) is 6.54 Å². The van der Waals surface area contributed by atoms with Crippen LogP contribution in [0.15, 0.2) is 27.8 Å². The second kappa shape index (κ2) is 5.25. The number of nitrogens with one attached hydrogen (secondary N) is 2. The molecule has 1 atom stereocenters. The Morgan fingerprint density at radius 1 is 1.16 bits per heavy atom. The molecule has 1 aliphatic rings. The summed E-state index contributed by atoms with van der Waals surface area (Å²) in [4.78, 5) is 27.9. The fourth-order valence-corrected chi connectivity index (χ4v) is 3.57. The lowest BCUT2D eigenvalue weighted by atomic mass is 9.95. The number of aromatic hydroxyl groups is 2. The van der Waals surface area contributed by atoms with E-state index in [1.165, 1.54) is 14.1 Å². The summed E-state index contributed by atoms with van der Waals surface area (Å²) in [7, 11) is 2.81. The van der Waals surface area contributed by atoms with E-state index in [4.69, 9.17) is 0 Å². The van der Waals surface area contributed by atoms with Crippen molar-refractivity contribution in [2.45, 2.75) is 12.5 Å². The van der Waals surface area contributed by atoms with Crippen molar-refractivity contribution in [3.63, 3.8) is 0 Å². The standard InChI is InChI=1S/C17H18N4O4/c1-20-15(23)12(16(24)21(2)17(20)25)14-13-9(5-6-18-14)10-7-8(22)3-4-11(10)19-13/h3-4,7,14,18-19,22-23H,5-6H2,1-2H3. The number of phenolic OH excluding ortho intramolecular Hbond substituents is 1. The van der Waals surface area contributed by atoms with Gasteiger partial charge in [0.05, 0.1) is 6.04 Å². The van der Waals surface area contributed by atoms with Crippen LogP contribution < -0.4 is 16.6 Å². The van der Waals surface area contributed by atoms with Crippen LogP contribution in [-0.2, 0) is 20.5 Å². The zero-order valence-corrected chi connectivity index (χ0v) is 13.8. The average Bonchev–Trinajstić information content (AvgIpc) is 2.97. The lowest BCUT2D eigenvalue weighted by Crippen LogP contribution is -2.42. The summed E-state index contributed by atoms with van der Waals surface area (Å²) in [5, 5.41) is 24.3. The number of nitrogens with zero attached hydrogens (tertiary/aromatic N) is 2. The quantitative estimate of drug-likeness (QED) is 0.505. The van der Waals surface area contributed by atoms with Gasteiger partial charge in [-0.2, -0.15) is 0 Å². The number of H-pyrrole nitrogens is 1. The van der Waals surface area contributed by atoms with Gasteiger partial charge in [0.25, 0.3) is 5.56 Å². The van der Waals surface area contributed by atoms with E-state index < -0.39 is 17.3 Å². The third kappa shape index (κ3) is 2.11. The van der Waals surface area contributed by atoms with Crippen LogP contribution in [0.4, 0.5) is 0 Å². The van der Waals surface area contributed by atoms with E-state index in [1.807, 2.05) is 0 Å². The first-order valence-electron chi connectivity index (χ1n) is 7.96. The molecule has 3 aromatic rings. The molecule has 8 heteroatoms. The maximum absolute atomic E-state index is 12.6. The highest BCUT2D eigenvalue weighted by molar-refractivity contribution is 5.86. The number of fused-ring (bicyclic) bond motifs is 3. The van der Waals surface area contributed by atoms with Crippen molar-refractivity contribution in [2.24, 2.45) is 14.1 Å². The highest BCUT2D eigenvalue weighted by atomic mass is 16.3. The van der Waals surface area contributed by atoms with E-state index in [1.54, 1.807) is 18.2 Å². The van der Waals surface area contributed by atoms with Crippen LogP contribution in [0.5, 0.6) is 11.6 Å². The van der Waals surface area contributed by atoms with Gasteiger partial charge in [-0.15, -0.1) is 0 Å². The molecule has 0 spiro atoms. The number of hydrogen-bond acceptors (Lipinski definition) is 5. The molecule has 0 saturated carbocycles. The molecule has 1 aromatic carbocycles. The lowest BCUT2D eigenvalue weighted by Gasteiger charge is -2.25. The second-order valence-electron chi connectivity index (χ2n) is 6.33. The van der Waals surface area contributed by atoms with E-state index >= 15 is 0 Å². The largest absolute Gasteiger partial charge is 0.508 e. The van der Waals surface area contributed by atoms with Gasteiger partial charge in [-0.3, -0.25) is 13.9 Å². The van der Waals surface area contributed by atoms with Gasteiger partial charge in [0.2, 0.25) is 5.88 Å². The normalized spacial score (nSPS) is 17.0. The summed E-state index contributed by atoms with van der Waals surface area (Å²) in [6.45, 7) is 0.603. The van der Waals surface area contributed by atoms with E-state index in [9.17, 15) is 19.8 Å². The minimum absolute atomic E-state index is 0.126. The topological polar surface area (TPSA) is 112 Å². The Bertz CT molecular complexity index is 1120. The Kier molecular flexibility index (Phi) is 3.26. The average molecular weight is 342 g/mol. The Hall–Kier alpha value is -3.00. The highest BCUT2D eigenvalue weighted by Crippen LogP contribution is 2.35. The SMILES string of the molecule is Cn1c(O)c(C2NCCc3c2[nH]c2ccc(O)cc32)c(=O)n(C)c1=O. The van der Waals surface area contributed by atoms with Crippen molar-refractivity contribution in [2.75, 3.05) is 6.54 Å². The molecule has 130 valence electrons. The molecule has 3 heterocycles. The van der Waals surface area contributed by atoms with Gasteiger partial charge >= 0.3 is 5.69 Å². The number of phenols is 1. The highest BCUT2D eigenvalue weighted by Gasteiger charge is 2.31. The van der Waals surface area contributed by atoms with Crippen molar-refractivity contribution in [3.05, 3.63) is 55.9 Å². The van der Waals surface area contributed by atoms with E-state index in [-0.39, 0.29) is 17.2 Å². The number of benzene rings is 1. The van der Waals surface area contributed by atoms with Crippen LogP contribution in [0.1, 0.15) is 22.9 Å². The first-order valence-corrected chi connectivity index (χ1v) is 7.96. The number of aromatic nitrogens is 3. The summed E-state index contributed by atoms with van der Waals surface area (Å²) in [6.07, 6.45) is 0.724. The van der Waals surface area contributed by atoms with Crippen LogP contribution in [0.25, 0.3) is 10.9 Å². The maximum atomic E-state index is 12.6. The van der Waals surface area contributed by atoms with Crippen LogP contribution in [0.2, 0.25) is 0 Å². The number of hydrogen-bond donors (Lipinski definition) is 4. The molecule has 2 aromatic heterocycles. The van der Waals surface area contributed by atoms with Crippen LogP contribution >= 0.6 is 0 Å². The van der Waals surface area contributed by atoms with Crippen molar-refractivity contribution in [1.82, 2.24) is 19.4 Å². The zero-order chi connectivity index (χ0) is 17.9. The monoisotopic (exact) mass is 342 g/mol. The van der Waals surface area contributed by atoms with E-state index in [0.717, 1.165) is 37.7 Å². The molecule has 1 aliphatic heterocycles. The smallest absolute Gasteiger partial charge is 0.333 e. The Morgan fingerprint density at radius 3 is 2.68 bits per heavy atom. The molecule has 0 amide bonds. The van der Waals surface area contributed by atoms with Gasteiger partial charge in [-0.05, 0) is 30.2 Å². The third-order valence-corrected chi connectivity index (χ3v) is 4.89. The fourth-order valence-electron chi connectivity index (χ4n) is 3.57. The predicted molar refractivity (Wildman–Crippen MR) is 92.1 cm³/mol. The van der Waals surface area contributed by atoms with Crippen LogP contribution in [0.3, 0.4) is 0 Å². The zero-order valence-electron chi connectivity index (χ0n) is 13.8. The molecule has 8 nitrogen and oxygen atoms in total. The Morgan fingerprint density at radius 2 is 1.92 bits per heavy atom. The maximum Gasteiger partial charge on any atom is 0.333 e. The number of aromatic amines is 1. The molecular formula is C17H18N4O4. The Labute approximate surface area is 142 Å². The van der Waals surface area contributed by atoms with Gasteiger partial charge in [0.1, 0.15) is 11.3 Å².